The van der Waals surface area contributed by atoms with Crippen molar-refractivity contribution in [2.75, 3.05) is 20.2 Å². The van der Waals surface area contributed by atoms with Gasteiger partial charge in [0.15, 0.2) is 0 Å². The lowest BCUT2D eigenvalue weighted by atomic mass is 9.97. The van der Waals surface area contributed by atoms with Gasteiger partial charge in [0, 0.05) is 25.5 Å². The van der Waals surface area contributed by atoms with Crippen molar-refractivity contribution >= 4 is 0 Å². The highest BCUT2D eigenvalue weighted by Crippen LogP contribution is 2.28. The van der Waals surface area contributed by atoms with E-state index >= 15 is 0 Å². The normalized spacial score (nSPS) is 18.0. The maximum Gasteiger partial charge on any atom is 0.267 e. The van der Waals surface area contributed by atoms with Gasteiger partial charge >= 0.3 is 0 Å². The number of rotatable bonds is 5. The Labute approximate surface area is 152 Å². The van der Waals surface area contributed by atoms with Crippen LogP contribution < -0.4 is 4.74 Å². The van der Waals surface area contributed by atoms with E-state index in [1.165, 1.54) is 5.56 Å². The molecule has 1 aromatic carbocycles. The molecule has 0 radical (unpaired) electrons. The highest BCUT2D eigenvalue weighted by atomic mass is 16.5. The fraction of sp³-hybridized carbons (Fsp3) is 0.368. The van der Waals surface area contributed by atoms with Gasteiger partial charge in [0.05, 0.1) is 19.2 Å². The number of ether oxygens (including phenoxy) is 1. The van der Waals surface area contributed by atoms with Crippen molar-refractivity contribution in [2.45, 2.75) is 25.3 Å². The zero-order chi connectivity index (χ0) is 17.8. The number of likely N-dealkylation sites (tertiary alicyclic amines) is 1. The first-order valence-electron chi connectivity index (χ1n) is 8.77. The number of benzene rings is 1. The highest BCUT2D eigenvalue weighted by molar-refractivity contribution is 5.43. The number of nitrogens with zero attached hydrogens (tertiary/aromatic N) is 5. The maximum absolute atomic E-state index is 5.87. The second-order valence-corrected chi connectivity index (χ2v) is 6.46. The van der Waals surface area contributed by atoms with E-state index in [1.54, 1.807) is 25.7 Å². The first kappa shape index (κ1) is 16.7. The van der Waals surface area contributed by atoms with Gasteiger partial charge in [0.1, 0.15) is 11.4 Å². The van der Waals surface area contributed by atoms with Crippen molar-refractivity contribution in [3.8, 4) is 17.3 Å². The molecule has 0 saturated carbocycles. The number of aromatic nitrogens is 4. The van der Waals surface area contributed by atoms with Gasteiger partial charge in [-0.05, 0) is 37.1 Å². The Morgan fingerprint density at radius 1 is 1.19 bits per heavy atom. The van der Waals surface area contributed by atoms with E-state index in [-0.39, 0.29) is 5.92 Å². The minimum atomic E-state index is 0.250. The third kappa shape index (κ3) is 3.72. The third-order valence-electron chi connectivity index (χ3n) is 4.64. The van der Waals surface area contributed by atoms with Crippen molar-refractivity contribution < 1.29 is 9.15 Å². The van der Waals surface area contributed by atoms with Crippen LogP contribution in [0.15, 0.2) is 47.3 Å². The first-order valence-corrected chi connectivity index (χ1v) is 8.77. The van der Waals surface area contributed by atoms with Crippen molar-refractivity contribution in [3.63, 3.8) is 0 Å². The second-order valence-electron chi connectivity index (χ2n) is 6.46. The minimum Gasteiger partial charge on any atom is -0.497 e. The molecule has 3 aromatic rings. The summed E-state index contributed by atoms with van der Waals surface area (Å²) in [5.41, 5.74) is 1.88. The molecule has 1 aliphatic heterocycles. The highest BCUT2D eigenvalue weighted by Gasteiger charge is 2.26. The molecule has 1 atom stereocenters. The van der Waals surface area contributed by atoms with Crippen LogP contribution in [0.2, 0.25) is 0 Å². The smallest absolute Gasteiger partial charge is 0.267 e. The van der Waals surface area contributed by atoms with Crippen LogP contribution in [0.3, 0.4) is 0 Å². The second kappa shape index (κ2) is 7.61. The molecular formula is C19H21N5O2. The van der Waals surface area contributed by atoms with Gasteiger partial charge in [-0.1, -0.05) is 12.1 Å². The molecule has 1 saturated heterocycles. The quantitative estimate of drug-likeness (QED) is 0.699. The standard InChI is InChI=1S/C19H21N5O2/c1-25-16-6-4-14(5-7-16)12-24-10-2-3-15(13-24)18-22-23-19(26-18)17-11-20-8-9-21-17/h4-9,11,15H,2-3,10,12-13H2,1H3. The van der Waals surface area contributed by atoms with E-state index < -0.39 is 0 Å². The molecular weight excluding hydrogens is 330 g/mol. The molecule has 0 spiro atoms. The molecule has 2 aromatic heterocycles. The zero-order valence-corrected chi connectivity index (χ0v) is 14.7. The lowest BCUT2D eigenvalue weighted by molar-refractivity contribution is 0.186. The molecule has 7 nitrogen and oxygen atoms in total. The Bertz CT molecular complexity index is 835. The Hall–Kier alpha value is -2.80. The number of piperidine rings is 1. The monoisotopic (exact) mass is 351 g/mol. The van der Waals surface area contributed by atoms with E-state index in [9.17, 15) is 0 Å². The largest absolute Gasteiger partial charge is 0.497 e. The lowest BCUT2D eigenvalue weighted by Crippen LogP contribution is -2.34. The van der Waals surface area contributed by atoms with Gasteiger partial charge in [-0.25, -0.2) is 4.98 Å². The Kier molecular flexibility index (Phi) is 4.88. The topological polar surface area (TPSA) is 77.2 Å². The summed E-state index contributed by atoms with van der Waals surface area (Å²) < 4.78 is 11.1. The van der Waals surface area contributed by atoms with Gasteiger partial charge in [0.25, 0.3) is 5.89 Å². The summed E-state index contributed by atoms with van der Waals surface area (Å²) >= 11 is 0. The van der Waals surface area contributed by atoms with Crippen molar-refractivity contribution in [2.24, 2.45) is 0 Å². The molecule has 26 heavy (non-hydrogen) atoms. The summed E-state index contributed by atoms with van der Waals surface area (Å²) in [5, 5.41) is 8.39. The van der Waals surface area contributed by atoms with Crippen LogP contribution in [0.25, 0.3) is 11.6 Å². The van der Waals surface area contributed by atoms with Crippen molar-refractivity contribution in [1.82, 2.24) is 25.1 Å². The summed E-state index contributed by atoms with van der Waals surface area (Å²) in [4.78, 5) is 10.7. The average molecular weight is 351 g/mol. The SMILES string of the molecule is COc1ccc(CN2CCCC(c3nnc(-c4cnccn4)o3)C2)cc1. The lowest BCUT2D eigenvalue weighted by Gasteiger charge is -2.31. The van der Waals surface area contributed by atoms with Crippen LogP contribution in [0.1, 0.15) is 30.2 Å². The van der Waals surface area contributed by atoms with Gasteiger partial charge < -0.3 is 9.15 Å². The van der Waals surface area contributed by atoms with E-state index in [4.69, 9.17) is 9.15 Å². The fourth-order valence-corrected chi connectivity index (χ4v) is 3.30. The maximum atomic E-state index is 5.87. The van der Waals surface area contributed by atoms with Crippen LogP contribution in [0.5, 0.6) is 5.75 Å². The number of hydrogen-bond acceptors (Lipinski definition) is 7. The van der Waals surface area contributed by atoms with Gasteiger partial charge in [-0.3, -0.25) is 9.88 Å². The molecule has 0 N–H and O–H groups in total. The van der Waals surface area contributed by atoms with E-state index in [1.807, 2.05) is 12.1 Å². The Morgan fingerprint density at radius 2 is 2.08 bits per heavy atom. The van der Waals surface area contributed by atoms with E-state index in [0.29, 0.717) is 17.5 Å². The van der Waals surface area contributed by atoms with Gasteiger partial charge in [-0.2, -0.15) is 0 Å². The molecule has 134 valence electrons. The molecule has 3 heterocycles. The van der Waals surface area contributed by atoms with Crippen molar-refractivity contribution in [1.29, 1.82) is 0 Å². The predicted molar refractivity (Wildman–Crippen MR) is 95.6 cm³/mol. The first-order chi connectivity index (χ1) is 12.8. The molecule has 1 aliphatic rings. The fourth-order valence-electron chi connectivity index (χ4n) is 3.30. The van der Waals surface area contributed by atoms with Crippen LogP contribution >= 0.6 is 0 Å². The van der Waals surface area contributed by atoms with Crippen LogP contribution in [0, 0.1) is 0 Å². The predicted octanol–water partition coefficient (Wildman–Crippen LogP) is 2.91. The number of hydrogen-bond donors (Lipinski definition) is 0. The Morgan fingerprint density at radius 3 is 2.85 bits per heavy atom. The van der Waals surface area contributed by atoms with Crippen LogP contribution in [-0.2, 0) is 6.54 Å². The zero-order valence-electron chi connectivity index (χ0n) is 14.7. The molecule has 1 unspecified atom stereocenters. The van der Waals surface area contributed by atoms with E-state index in [2.05, 4.69) is 37.2 Å². The van der Waals surface area contributed by atoms with Gasteiger partial charge in [-0.15, -0.1) is 10.2 Å². The average Bonchev–Trinajstić information content (AvgIpc) is 3.20. The van der Waals surface area contributed by atoms with Crippen molar-refractivity contribution in [3.05, 3.63) is 54.3 Å². The Balaban J connectivity index is 1.42. The summed E-state index contributed by atoms with van der Waals surface area (Å²) in [7, 11) is 1.68. The number of methoxy groups -OCH3 is 1. The molecule has 0 amide bonds. The molecule has 4 rings (SSSR count). The van der Waals surface area contributed by atoms with Crippen LogP contribution in [0.4, 0.5) is 0 Å². The molecule has 1 fully saturated rings. The van der Waals surface area contributed by atoms with E-state index in [0.717, 1.165) is 38.2 Å². The van der Waals surface area contributed by atoms with Crippen LogP contribution in [-0.4, -0.2) is 45.3 Å². The molecule has 0 aliphatic carbocycles. The third-order valence-corrected chi connectivity index (χ3v) is 4.64. The summed E-state index contributed by atoms with van der Waals surface area (Å²) in [6.07, 6.45) is 7.05. The minimum absolute atomic E-state index is 0.250. The summed E-state index contributed by atoms with van der Waals surface area (Å²) in [6.45, 7) is 2.90. The summed E-state index contributed by atoms with van der Waals surface area (Å²) in [5.74, 6) is 2.25. The summed E-state index contributed by atoms with van der Waals surface area (Å²) in [6, 6.07) is 8.23. The van der Waals surface area contributed by atoms with Gasteiger partial charge in [0.2, 0.25) is 5.89 Å². The molecule has 7 heteroatoms. The molecule has 0 bridgehead atoms.